The standard InChI is InChI=1S/C14H20ClN3O2/c1-2-12(10-19)17-5-7-18(8-6-17)14(20)13-4-3-11(15)9-16-13/h3-4,9,12,19H,2,5-8,10H2,1H3. The Kier molecular flexibility index (Phi) is 5.34. The molecule has 1 N–H and O–H groups in total. The van der Waals surface area contributed by atoms with Crippen LogP contribution in [0.2, 0.25) is 5.02 Å². The van der Waals surface area contributed by atoms with E-state index in [2.05, 4.69) is 16.8 Å². The highest BCUT2D eigenvalue weighted by molar-refractivity contribution is 6.30. The van der Waals surface area contributed by atoms with Gasteiger partial charge in [0.05, 0.1) is 11.6 Å². The lowest BCUT2D eigenvalue weighted by Gasteiger charge is -2.38. The average molecular weight is 298 g/mol. The Hall–Kier alpha value is -1.17. The van der Waals surface area contributed by atoms with Crippen LogP contribution in [0, 0.1) is 0 Å². The molecule has 0 aliphatic carbocycles. The van der Waals surface area contributed by atoms with E-state index in [0.717, 1.165) is 19.5 Å². The fourth-order valence-electron chi connectivity index (χ4n) is 2.46. The molecule has 1 saturated heterocycles. The molecule has 1 aliphatic rings. The number of hydrogen-bond donors (Lipinski definition) is 1. The summed E-state index contributed by atoms with van der Waals surface area (Å²) < 4.78 is 0. The molecule has 0 aromatic carbocycles. The zero-order chi connectivity index (χ0) is 14.5. The van der Waals surface area contributed by atoms with E-state index < -0.39 is 0 Å². The second-order valence-electron chi connectivity index (χ2n) is 4.93. The molecule has 5 nitrogen and oxygen atoms in total. The third-order valence-electron chi connectivity index (χ3n) is 3.75. The Labute approximate surface area is 124 Å². The summed E-state index contributed by atoms with van der Waals surface area (Å²) in [6, 6.07) is 3.53. The summed E-state index contributed by atoms with van der Waals surface area (Å²) in [4.78, 5) is 20.4. The van der Waals surface area contributed by atoms with E-state index in [1.165, 1.54) is 6.20 Å². The van der Waals surface area contributed by atoms with E-state index in [1.807, 2.05) is 0 Å². The lowest BCUT2D eigenvalue weighted by atomic mass is 10.1. The largest absolute Gasteiger partial charge is 0.395 e. The van der Waals surface area contributed by atoms with Crippen molar-refractivity contribution in [3.63, 3.8) is 0 Å². The molecule has 110 valence electrons. The highest BCUT2D eigenvalue weighted by Gasteiger charge is 2.25. The number of halogens is 1. The van der Waals surface area contributed by atoms with Crippen molar-refractivity contribution in [2.24, 2.45) is 0 Å². The molecule has 1 aromatic rings. The van der Waals surface area contributed by atoms with E-state index in [0.29, 0.717) is 23.8 Å². The van der Waals surface area contributed by atoms with E-state index in [4.69, 9.17) is 11.6 Å². The molecule has 2 rings (SSSR count). The fraction of sp³-hybridized carbons (Fsp3) is 0.571. The number of rotatable bonds is 4. The Morgan fingerprint density at radius 1 is 1.40 bits per heavy atom. The van der Waals surface area contributed by atoms with E-state index in [9.17, 15) is 9.90 Å². The highest BCUT2D eigenvalue weighted by atomic mass is 35.5. The quantitative estimate of drug-likeness (QED) is 0.909. The number of carbonyl (C=O) groups excluding carboxylic acids is 1. The molecule has 1 aliphatic heterocycles. The van der Waals surface area contributed by atoms with Gasteiger partial charge in [-0.15, -0.1) is 0 Å². The zero-order valence-electron chi connectivity index (χ0n) is 11.6. The van der Waals surface area contributed by atoms with Crippen molar-refractivity contribution in [3.05, 3.63) is 29.0 Å². The SMILES string of the molecule is CCC(CO)N1CCN(C(=O)c2ccc(Cl)cn2)CC1. The van der Waals surface area contributed by atoms with Gasteiger partial charge in [0.2, 0.25) is 0 Å². The summed E-state index contributed by atoms with van der Waals surface area (Å²) in [5, 5.41) is 9.84. The third-order valence-corrected chi connectivity index (χ3v) is 3.97. The molecule has 1 atom stereocenters. The summed E-state index contributed by atoms with van der Waals surface area (Å²) >= 11 is 5.77. The molecule has 20 heavy (non-hydrogen) atoms. The first-order valence-electron chi connectivity index (χ1n) is 6.91. The maximum absolute atomic E-state index is 12.3. The van der Waals surface area contributed by atoms with Crippen molar-refractivity contribution in [2.75, 3.05) is 32.8 Å². The van der Waals surface area contributed by atoms with Crippen molar-refractivity contribution in [2.45, 2.75) is 19.4 Å². The van der Waals surface area contributed by atoms with E-state index >= 15 is 0 Å². The first kappa shape index (κ1) is 15.2. The maximum Gasteiger partial charge on any atom is 0.272 e. The predicted octanol–water partition coefficient (Wildman–Crippen LogP) is 1.26. The number of nitrogens with zero attached hydrogens (tertiary/aromatic N) is 3. The van der Waals surface area contributed by atoms with Gasteiger partial charge in [-0.2, -0.15) is 0 Å². The Morgan fingerprint density at radius 2 is 2.10 bits per heavy atom. The molecule has 0 spiro atoms. The van der Waals surface area contributed by atoms with Gasteiger partial charge in [0.15, 0.2) is 0 Å². The van der Waals surface area contributed by atoms with E-state index in [1.54, 1.807) is 17.0 Å². The molecule has 0 bridgehead atoms. The second kappa shape index (κ2) is 7.02. The second-order valence-corrected chi connectivity index (χ2v) is 5.37. The van der Waals surface area contributed by atoms with Gasteiger partial charge < -0.3 is 10.0 Å². The average Bonchev–Trinajstić information content (AvgIpc) is 2.49. The number of piperazine rings is 1. The van der Waals surface area contributed by atoms with Crippen LogP contribution in [0.3, 0.4) is 0 Å². The van der Waals surface area contributed by atoms with Crippen molar-refractivity contribution >= 4 is 17.5 Å². The minimum absolute atomic E-state index is 0.0571. The number of pyridine rings is 1. The van der Waals surface area contributed by atoms with Crippen molar-refractivity contribution < 1.29 is 9.90 Å². The van der Waals surface area contributed by atoms with E-state index in [-0.39, 0.29) is 18.6 Å². The number of hydrogen-bond acceptors (Lipinski definition) is 4. The number of aliphatic hydroxyl groups excluding tert-OH is 1. The lowest BCUT2D eigenvalue weighted by Crippen LogP contribution is -2.52. The van der Waals surface area contributed by atoms with Gasteiger partial charge in [0.25, 0.3) is 5.91 Å². The number of aromatic nitrogens is 1. The van der Waals surface area contributed by atoms with Gasteiger partial charge in [-0.25, -0.2) is 4.98 Å². The van der Waals surface area contributed by atoms with Crippen LogP contribution in [0.5, 0.6) is 0 Å². The predicted molar refractivity (Wildman–Crippen MR) is 77.9 cm³/mol. The first-order chi connectivity index (χ1) is 9.65. The van der Waals surface area contributed by atoms with Crippen LogP contribution in [0.15, 0.2) is 18.3 Å². The topological polar surface area (TPSA) is 56.7 Å². The van der Waals surface area contributed by atoms with Gasteiger partial charge in [-0.05, 0) is 18.6 Å². The van der Waals surface area contributed by atoms with Crippen LogP contribution in [-0.4, -0.2) is 64.6 Å². The molecule has 2 heterocycles. The van der Waals surface area contributed by atoms with Crippen molar-refractivity contribution in [1.82, 2.24) is 14.8 Å². The summed E-state index contributed by atoms with van der Waals surface area (Å²) in [6.07, 6.45) is 2.41. The van der Waals surface area contributed by atoms with Gasteiger partial charge in [-0.3, -0.25) is 9.69 Å². The first-order valence-corrected chi connectivity index (χ1v) is 7.29. The molecule has 1 fully saturated rings. The number of aliphatic hydroxyl groups is 1. The van der Waals surface area contributed by atoms with Crippen LogP contribution in [0.4, 0.5) is 0 Å². The van der Waals surface area contributed by atoms with Gasteiger partial charge in [0, 0.05) is 38.4 Å². The summed E-state index contributed by atoms with van der Waals surface area (Å²) in [5.41, 5.74) is 0.428. The van der Waals surface area contributed by atoms with Crippen LogP contribution >= 0.6 is 11.6 Å². The summed E-state index contributed by atoms with van der Waals surface area (Å²) in [6.45, 7) is 5.15. The third kappa shape index (κ3) is 3.48. The smallest absolute Gasteiger partial charge is 0.272 e. The molecule has 1 unspecified atom stereocenters. The Balaban J connectivity index is 1.93. The van der Waals surface area contributed by atoms with Crippen molar-refractivity contribution in [1.29, 1.82) is 0 Å². The van der Waals surface area contributed by atoms with Crippen molar-refractivity contribution in [3.8, 4) is 0 Å². The normalized spacial score (nSPS) is 18.1. The minimum atomic E-state index is -0.0571. The molecule has 1 aromatic heterocycles. The molecular formula is C14H20ClN3O2. The minimum Gasteiger partial charge on any atom is -0.395 e. The Morgan fingerprint density at radius 3 is 2.60 bits per heavy atom. The summed E-state index contributed by atoms with van der Waals surface area (Å²) in [7, 11) is 0. The molecule has 6 heteroatoms. The Bertz CT molecular complexity index is 440. The molecule has 0 radical (unpaired) electrons. The van der Waals surface area contributed by atoms with Crippen LogP contribution in [0.1, 0.15) is 23.8 Å². The summed E-state index contributed by atoms with van der Waals surface area (Å²) in [5.74, 6) is -0.0571. The van der Waals surface area contributed by atoms with Gasteiger partial charge in [-0.1, -0.05) is 18.5 Å². The van der Waals surface area contributed by atoms with Crippen LogP contribution in [0.25, 0.3) is 0 Å². The van der Waals surface area contributed by atoms with Crippen LogP contribution in [-0.2, 0) is 0 Å². The molecule has 0 saturated carbocycles. The monoisotopic (exact) mass is 297 g/mol. The van der Waals surface area contributed by atoms with Gasteiger partial charge in [0.1, 0.15) is 5.69 Å². The fourth-order valence-corrected chi connectivity index (χ4v) is 2.57. The van der Waals surface area contributed by atoms with Gasteiger partial charge >= 0.3 is 0 Å². The number of amides is 1. The molecular weight excluding hydrogens is 278 g/mol. The maximum atomic E-state index is 12.3. The number of carbonyl (C=O) groups is 1. The van der Waals surface area contributed by atoms with Crippen LogP contribution < -0.4 is 0 Å². The molecule has 1 amide bonds. The zero-order valence-corrected chi connectivity index (χ0v) is 12.4. The lowest BCUT2D eigenvalue weighted by molar-refractivity contribution is 0.0468. The highest BCUT2D eigenvalue weighted by Crippen LogP contribution is 2.12.